The summed E-state index contributed by atoms with van der Waals surface area (Å²) < 4.78 is 25.4. The van der Waals surface area contributed by atoms with E-state index in [4.69, 9.17) is 5.73 Å². The molecule has 2 nitrogen and oxygen atoms in total. The molecule has 0 bridgehead atoms. The molecule has 12 heavy (non-hydrogen) atoms. The molecule has 1 atom stereocenters. The summed E-state index contributed by atoms with van der Waals surface area (Å²) in [6.07, 6.45) is -0.0846. The molecule has 70 valence electrons. The van der Waals surface area contributed by atoms with Gasteiger partial charge in [0.25, 0.3) is 5.92 Å². The summed E-state index contributed by atoms with van der Waals surface area (Å²) in [5.41, 5.74) is 6.12. The van der Waals surface area contributed by atoms with Crippen LogP contribution in [0.2, 0.25) is 0 Å². The zero-order valence-electron chi connectivity index (χ0n) is 7.19. The maximum atomic E-state index is 12.7. The molecular weight excluding hydrogens is 162 g/mol. The van der Waals surface area contributed by atoms with Crippen molar-refractivity contribution in [1.82, 2.24) is 4.90 Å². The largest absolute Gasteiger partial charge is 0.368 e. The van der Waals surface area contributed by atoms with Crippen LogP contribution in [0.5, 0.6) is 0 Å². The third kappa shape index (κ3) is 1.94. The van der Waals surface area contributed by atoms with Gasteiger partial charge in [-0.1, -0.05) is 6.58 Å². The Morgan fingerprint density at radius 1 is 1.67 bits per heavy atom. The molecule has 1 aliphatic rings. The average molecular weight is 176 g/mol. The predicted octanol–water partition coefficient (Wildman–Crippen LogP) is 1.19. The highest BCUT2D eigenvalue weighted by Gasteiger charge is 2.38. The Kier molecular flexibility index (Phi) is 2.37. The van der Waals surface area contributed by atoms with Crippen molar-refractivity contribution in [2.75, 3.05) is 13.1 Å². The molecule has 4 heteroatoms. The molecule has 0 amide bonds. The van der Waals surface area contributed by atoms with Crippen LogP contribution in [0.25, 0.3) is 0 Å². The van der Waals surface area contributed by atoms with Crippen LogP contribution in [-0.2, 0) is 0 Å². The fourth-order valence-electron chi connectivity index (χ4n) is 1.27. The van der Waals surface area contributed by atoms with Gasteiger partial charge in [0, 0.05) is 24.7 Å². The lowest BCUT2D eigenvalue weighted by Gasteiger charge is -2.23. The smallest absolute Gasteiger partial charge is 0.266 e. The summed E-state index contributed by atoms with van der Waals surface area (Å²) in [6, 6.07) is -0.237. The molecule has 0 spiro atoms. The Labute approximate surface area is 71.0 Å². The van der Waals surface area contributed by atoms with Crippen LogP contribution >= 0.6 is 0 Å². The molecule has 1 unspecified atom stereocenters. The minimum Gasteiger partial charge on any atom is -0.368 e. The summed E-state index contributed by atoms with van der Waals surface area (Å²) >= 11 is 0. The second-order valence-electron chi connectivity index (χ2n) is 3.31. The van der Waals surface area contributed by atoms with Crippen LogP contribution in [0, 0.1) is 0 Å². The standard InChI is InChI=1S/C8H14F2N2/c1-6(11)7(2)12-4-3-8(9,10)5-12/h6H,2-5,11H2,1H3. The van der Waals surface area contributed by atoms with Crippen molar-refractivity contribution >= 4 is 0 Å². The first-order valence-corrected chi connectivity index (χ1v) is 3.99. The van der Waals surface area contributed by atoms with Crippen molar-refractivity contribution in [2.24, 2.45) is 5.73 Å². The van der Waals surface area contributed by atoms with Crippen LogP contribution in [0.15, 0.2) is 12.3 Å². The van der Waals surface area contributed by atoms with Gasteiger partial charge in [-0.25, -0.2) is 8.78 Å². The summed E-state index contributed by atoms with van der Waals surface area (Å²) in [5.74, 6) is -2.56. The van der Waals surface area contributed by atoms with E-state index in [2.05, 4.69) is 6.58 Å². The Balaban J connectivity index is 2.53. The van der Waals surface area contributed by atoms with E-state index in [0.717, 1.165) is 0 Å². The minimum absolute atomic E-state index is 0.0846. The molecule has 1 fully saturated rings. The number of nitrogens with two attached hydrogens (primary N) is 1. The highest BCUT2D eigenvalue weighted by Crippen LogP contribution is 2.29. The monoisotopic (exact) mass is 176 g/mol. The second kappa shape index (κ2) is 3.01. The Morgan fingerprint density at radius 3 is 2.58 bits per heavy atom. The molecule has 1 saturated heterocycles. The minimum atomic E-state index is -2.56. The summed E-state index contributed by atoms with van der Waals surface area (Å²) in [4.78, 5) is 1.56. The maximum Gasteiger partial charge on any atom is 0.266 e. The van der Waals surface area contributed by atoms with Gasteiger partial charge in [0.1, 0.15) is 0 Å². The molecule has 0 aliphatic carbocycles. The fraction of sp³-hybridized carbons (Fsp3) is 0.750. The summed E-state index contributed by atoms with van der Waals surface area (Å²) in [6.45, 7) is 5.56. The van der Waals surface area contributed by atoms with Gasteiger partial charge < -0.3 is 10.6 Å². The summed E-state index contributed by atoms with van der Waals surface area (Å²) in [5, 5.41) is 0. The normalized spacial score (nSPS) is 24.2. The molecule has 0 aromatic heterocycles. The molecule has 0 aromatic carbocycles. The zero-order chi connectivity index (χ0) is 9.35. The van der Waals surface area contributed by atoms with E-state index in [9.17, 15) is 8.78 Å². The number of rotatable bonds is 2. The van der Waals surface area contributed by atoms with E-state index >= 15 is 0 Å². The molecule has 0 radical (unpaired) electrons. The van der Waals surface area contributed by atoms with Crippen LogP contribution in [-0.4, -0.2) is 30.0 Å². The van der Waals surface area contributed by atoms with E-state index in [-0.39, 0.29) is 19.0 Å². The van der Waals surface area contributed by atoms with Gasteiger partial charge in [0.2, 0.25) is 0 Å². The third-order valence-corrected chi connectivity index (χ3v) is 2.10. The number of halogens is 2. The van der Waals surface area contributed by atoms with Crippen molar-refractivity contribution in [3.63, 3.8) is 0 Å². The molecule has 0 aromatic rings. The lowest BCUT2D eigenvalue weighted by atomic mass is 10.2. The number of alkyl halides is 2. The number of nitrogens with zero attached hydrogens (tertiary/aromatic N) is 1. The van der Waals surface area contributed by atoms with Gasteiger partial charge in [0.15, 0.2) is 0 Å². The predicted molar refractivity (Wildman–Crippen MR) is 43.9 cm³/mol. The highest BCUT2D eigenvalue weighted by atomic mass is 19.3. The Hall–Kier alpha value is -0.640. The van der Waals surface area contributed by atoms with Gasteiger partial charge in [-0.05, 0) is 6.92 Å². The second-order valence-corrected chi connectivity index (χ2v) is 3.31. The first kappa shape index (κ1) is 9.45. The van der Waals surface area contributed by atoms with Crippen LogP contribution < -0.4 is 5.73 Å². The average Bonchev–Trinajstić information content (AvgIpc) is 2.28. The molecular formula is C8H14F2N2. The Bertz CT molecular complexity index is 189. The van der Waals surface area contributed by atoms with Gasteiger partial charge in [0.05, 0.1) is 6.54 Å². The van der Waals surface area contributed by atoms with Crippen molar-refractivity contribution in [3.05, 3.63) is 12.3 Å². The number of likely N-dealkylation sites (tertiary alicyclic amines) is 1. The summed E-state index contributed by atoms with van der Waals surface area (Å²) in [7, 11) is 0. The lowest BCUT2D eigenvalue weighted by molar-refractivity contribution is 0.0148. The first-order chi connectivity index (χ1) is 5.42. The quantitative estimate of drug-likeness (QED) is 0.684. The van der Waals surface area contributed by atoms with Crippen LogP contribution in [0.1, 0.15) is 13.3 Å². The van der Waals surface area contributed by atoms with E-state index < -0.39 is 5.92 Å². The zero-order valence-corrected chi connectivity index (χ0v) is 7.19. The van der Waals surface area contributed by atoms with E-state index in [1.807, 2.05) is 0 Å². The number of hydrogen-bond acceptors (Lipinski definition) is 2. The fourth-order valence-corrected chi connectivity index (χ4v) is 1.27. The van der Waals surface area contributed by atoms with Crippen LogP contribution in [0.3, 0.4) is 0 Å². The van der Waals surface area contributed by atoms with E-state index in [0.29, 0.717) is 12.2 Å². The van der Waals surface area contributed by atoms with Gasteiger partial charge in [-0.15, -0.1) is 0 Å². The van der Waals surface area contributed by atoms with Crippen molar-refractivity contribution in [3.8, 4) is 0 Å². The number of hydrogen-bond donors (Lipinski definition) is 1. The third-order valence-electron chi connectivity index (χ3n) is 2.10. The van der Waals surface area contributed by atoms with Crippen LogP contribution in [0.4, 0.5) is 8.78 Å². The molecule has 1 aliphatic heterocycles. The molecule has 1 rings (SSSR count). The molecule has 0 saturated carbocycles. The van der Waals surface area contributed by atoms with Crippen molar-refractivity contribution in [1.29, 1.82) is 0 Å². The van der Waals surface area contributed by atoms with E-state index in [1.54, 1.807) is 11.8 Å². The maximum absolute atomic E-state index is 12.7. The van der Waals surface area contributed by atoms with Gasteiger partial charge >= 0.3 is 0 Å². The lowest BCUT2D eigenvalue weighted by Crippen LogP contribution is -2.32. The first-order valence-electron chi connectivity index (χ1n) is 3.99. The van der Waals surface area contributed by atoms with Gasteiger partial charge in [-0.3, -0.25) is 0 Å². The Morgan fingerprint density at radius 2 is 2.25 bits per heavy atom. The SMILES string of the molecule is C=C(C(C)N)N1CCC(F)(F)C1. The molecule has 2 N–H and O–H groups in total. The highest BCUT2D eigenvalue weighted by molar-refractivity contribution is 5.05. The van der Waals surface area contributed by atoms with Crippen molar-refractivity contribution in [2.45, 2.75) is 25.3 Å². The van der Waals surface area contributed by atoms with Crippen molar-refractivity contribution < 1.29 is 8.78 Å². The van der Waals surface area contributed by atoms with E-state index in [1.165, 1.54) is 0 Å². The molecule has 1 heterocycles. The topological polar surface area (TPSA) is 29.3 Å². The van der Waals surface area contributed by atoms with Gasteiger partial charge in [-0.2, -0.15) is 0 Å².